The highest BCUT2D eigenvalue weighted by Gasteiger charge is 2.14. The van der Waals surface area contributed by atoms with E-state index in [2.05, 4.69) is 20.8 Å². The van der Waals surface area contributed by atoms with Gasteiger partial charge in [0.1, 0.15) is 0 Å². The number of hydrogen-bond acceptors (Lipinski definition) is 4. The van der Waals surface area contributed by atoms with Crippen molar-refractivity contribution in [1.82, 2.24) is 0 Å². The van der Waals surface area contributed by atoms with E-state index in [4.69, 9.17) is 10.6 Å². The molecule has 4 nitrogen and oxygen atoms in total. The zero-order valence-corrected chi connectivity index (χ0v) is 9.59. The molecule has 14 heavy (non-hydrogen) atoms. The molecular weight excluding hydrogens is 250 g/mol. The van der Waals surface area contributed by atoms with Crippen molar-refractivity contribution in [2.24, 2.45) is 5.90 Å². The SMILES string of the molecule is COc1c(Br)cc(C)c(CON)c1O. The van der Waals surface area contributed by atoms with Gasteiger partial charge in [-0.05, 0) is 34.5 Å². The number of nitrogens with two attached hydrogens (primary N) is 1. The Morgan fingerprint density at radius 2 is 2.21 bits per heavy atom. The molecule has 78 valence electrons. The Kier molecular flexibility index (Phi) is 3.74. The molecule has 0 heterocycles. The van der Waals surface area contributed by atoms with Crippen molar-refractivity contribution in [2.45, 2.75) is 13.5 Å². The van der Waals surface area contributed by atoms with E-state index in [9.17, 15) is 5.11 Å². The molecule has 0 aliphatic carbocycles. The van der Waals surface area contributed by atoms with Gasteiger partial charge in [-0.25, -0.2) is 5.90 Å². The van der Waals surface area contributed by atoms with Crippen LogP contribution in [0.5, 0.6) is 11.5 Å². The maximum Gasteiger partial charge on any atom is 0.175 e. The van der Waals surface area contributed by atoms with Crippen molar-refractivity contribution in [3.05, 3.63) is 21.7 Å². The number of ether oxygens (including phenoxy) is 1. The Morgan fingerprint density at radius 1 is 1.57 bits per heavy atom. The molecule has 0 saturated heterocycles. The Morgan fingerprint density at radius 3 is 2.71 bits per heavy atom. The van der Waals surface area contributed by atoms with E-state index in [0.717, 1.165) is 5.56 Å². The number of phenols is 1. The number of rotatable bonds is 3. The minimum absolute atomic E-state index is 0.0600. The van der Waals surface area contributed by atoms with E-state index in [-0.39, 0.29) is 12.4 Å². The van der Waals surface area contributed by atoms with Crippen LogP contribution in [0.4, 0.5) is 0 Å². The smallest absolute Gasteiger partial charge is 0.175 e. The molecule has 0 atom stereocenters. The third-order valence-corrected chi connectivity index (χ3v) is 2.56. The number of aryl methyl sites for hydroxylation is 1. The lowest BCUT2D eigenvalue weighted by Crippen LogP contribution is -2.02. The molecule has 0 amide bonds. The molecule has 3 N–H and O–H groups in total. The van der Waals surface area contributed by atoms with E-state index >= 15 is 0 Å². The fourth-order valence-electron chi connectivity index (χ4n) is 1.24. The predicted molar refractivity (Wildman–Crippen MR) is 56.1 cm³/mol. The number of hydrogen-bond donors (Lipinski definition) is 2. The molecule has 0 aromatic heterocycles. The molecule has 0 unspecified atom stereocenters. The van der Waals surface area contributed by atoms with Crippen molar-refractivity contribution < 1.29 is 14.7 Å². The largest absolute Gasteiger partial charge is 0.504 e. The van der Waals surface area contributed by atoms with Gasteiger partial charge in [0, 0.05) is 5.56 Å². The highest BCUT2D eigenvalue weighted by atomic mass is 79.9. The molecule has 0 radical (unpaired) electrons. The Bertz CT molecular complexity index is 341. The first-order valence-corrected chi connectivity index (χ1v) is 4.77. The van der Waals surface area contributed by atoms with Crippen molar-refractivity contribution in [1.29, 1.82) is 0 Å². The molecule has 0 aliphatic heterocycles. The van der Waals surface area contributed by atoms with Gasteiger partial charge in [-0.2, -0.15) is 0 Å². The quantitative estimate of drug-likeness (QED) is 0.816. The zero-order chi connectivity index (χ0) is 10.7. The summed E-state index contributed by atoms with van der Waals surface area (Å²) in [6.07, 6.45) is 0. The summed E-state index contributed by atoms with van der Waals surface area (Å²) in [7, 11) is 1.49. The predicted octanol–water partition coefficient (Wildman–Crippen LogP) is 1.86. The average molecular weight is 262 g/mol. The second kappa shape index (κ2) is 4.63. The van der Waals surface area contributed by atoms with Crippen molar-refractivity contribution in [2.75, 3.05) is 7.11 Å². The lowest BCUT2D eigenvalue weighted by atomic mass is 10.1. The summed E-state index contributed by atoms with van der Waals surface area (Å²) < 4.78 is 5.73. The van der Waals surface area contributed by atoms with E-state index in [1.807, 2.05) is 13.0 Å². The zero-order valence-electron chi connectivity index (χ0n) is 8.00. The van der Waals surface area contributed by atoms with Crippen LogP contribution in [0.15, 0.2) is 10.5 Å². The van der Waals surface area contributed by atoms with Crippen molar-refractivity contribution in [3.63, 3.8) is 0 Å². The average Bonchev–Trinajstić information content (AvgIpc) is 2.12. The minimum atomic E-state index is 0.0600. The van der Waals surface area contributed by atoms with Crippen LogP contribution in [0, 0.1) is 6.92 Å². The summed E-state index contributed by atoms with van der Waals surface area (Å²) in [5, 5.41) is 9.79. The summed E-state index contributed by atoms with van der Waals surface area (Å²) in [5.74, 6) is 5.42. The molecule has 0 bridgehead atoms. The molecule has 1 aromatic rings. The molecule has 1 aromatic carbocycles. The van der Waals surface area contributed by atoms with Crippen LogP contribution in [0.3, 0.4) is 0 Å². The fraction of sp³-hybridized carbons (Fsp3) is 0.333. The number of benzene rings is 1. The maximum atomic E-state index is 9.79. The third-order valence-electron chi connectivity index (χ3n) is 1.97. The normalized spacial score (nSPS) is 10.3. The standard InChI is InChI=1S/C9H12BrNO3/c1-5-3-7(10)9(13-2)8(12)6(5)4-14-11/h3,12H,4,11H2,1-2H3. The number of phenolic OH excluding ortho intramolecular Hbond substituents is 1. The van der Waals surface area contributed by atoms with Gasteiger partial charge in [0.25, 0.3) is 0 Å². The maximum absolute atomic E-state index is 9.79. The summed E-state index contributed by atoms with van der Waals surface area (Å²) in [6, 6.07) is 1.84. The van der Waals surface area contributed by atoms with Gasteiger partial charge >= 0.3 is 0 Å². The lowest BCUT2D eigenvalue weighted by molar-refractivity contribution is 0.121. The highest BCUT2D eigenvalue weighted by molar-refractivity contribution is 9.10. The third kappa shape index (κ3) is 2.00. The van der Waals surface area contributed by atoms with Crippen LogP contribution in [-0.2, 0) is 11.4 Å². The second-order valence-corrected chi connectivity index (χ2v) is 3.70. The summed E-state index contributed by atoms with van der Waals surface area (Å²) in [5.41, 5.74) is 1.52. The number of halogens is 1. The number of methoxy groups -OCH3 is 1. The van der Waals surface area contributed by atoms with Gasteiger partial charge in [0.2, 0.25) is 0 Å². The molecule has 0 saturated carbocycles. The fourth-order valence-corrected chi connectivity index (χ4v) is 1.93. The first kappa shape index (κ1) is 11.3. The summed E-state index contributed by atoms with van der Waals surface area (Å²) >= 11 is 3.29. The van der Waals surface area contributed by atoms with Gasteiger partial charge in [-0.3, -0.25) is 4.84 Å². The van der Waals surface area contributed by atoms with Crippen LogP contribution < -0.4 is 10.6 Å². The van der Waals surface area contributed by atoms with E-state index in [0.29, 0.717) is 15.8 Å². The lowest BCUT2D eigenvalue weighted by Gasteiger charge is -2.12. The molecular formula is C9H12BrNO3. The molecule has 0 fully saturated rings. The molecule has 0 spiro atoms. The van der Waals surface area contributed by atoms with Crippen LogP contribution in [-0.4, -0.2) is 12.2 Å². The van der Waals surface area contributed by atoms with Crippen LogP contribution in [0.1, 0.15) is 11.1 Å². The topological polar surface area (TPSA) is 64.7 Å². The molecule has 5 heteroatoms. The summed E-state index contributed by atoms with van der Waals surface area (Å²) in [4.78, 5) is 4.50. The van der Waals surface area contributed by atoms with Gasteiger partial charge in [-0.15, -0.1) is 0 Å². The first-order chi connectivity index (χ1) is 6.61. The van der Waals surface area contributed by atoms with Crippen molar-refractivity contribution >= 4 is 15.9 Å². The Hall–Kier alpha value is -0.780. The Balaban J connectivity index is 3.28. The highest BCUT2D eigenvalue weighted by Crippen LogP contribution is 2.39. The van der Waals surface area contributed by atoms with Crippen LogP contribution >= 0.6 is 15.9 Å². The minimum Gasteiger partial charge on any atom is -0.504 e. The van der Waals surface area contributed by atoms with E-state index in [1.54, 1.807) is 0 Å². The van der Waals surface area contributed by atoms with Gasteiger partial charge < -0.3 is 9.84 Å². The molecule has 1 rings (SSSR count). The monoisotopic (exact) mass is 261 g/mol. The van der Waals surface area contributed by atoms with E-state index < -0.39 is 0 Å². The first-order valence-electron chi connectivity index (χ1n) is 3.98. The van der Waals surface area contributed by atoms with Crippen molar-refractivity contribution in [3.8, 4) is 11.5 Å². The summed E-state index contributed by atoms with van der Waals surface area (Å²) in [6.45, 7) is 2.01. The molecule has 0 aliphatic rings. The Labute approximate surface area is 90.7 Å². The van der Waals surface area contributed by atoms with Gasteiger partial charge in [0.05, 0.1) is 18.2 Å². The number of aromatic hydroxyl groups is 1. The van der Waals surface area contributed by atoms with Crippen LogP contribution in [0.2, 0.25) is 0 Å². The second-order valence-electron chi connectivity index (χ2n) is 2.85. The van der Waals surface area contributed by atoms with Gasteiger partial charge in [0.15, 0.2) is 11.5 Å². The van der Waals surface area contributed by atoms with Gasteiger partial charge in [-0.1, -0.05) is 0 Å². The van der Waals surface area contributed by atoms with E-state index in [1.165, 1.54) is 7.11 Å². The van der Waals surface area contributed by atoms with Crippen LogP contribution in [0.25, 0.3) is 0 Å².